The molecule has 4 nitrogen and oxygen atoms in total. The molecule has 1 fully saturated rings. The van der Waals surface area contributed by atoms with Gasteiger partial charge in [0, 0.05) is 12.6 Å². The summed E-state index contributed by atoms with van der Waals surface area (Å²) in [5.74, 6) is 0.0446. The molecule has 1 aliphatic rings. The summed E-state index contributed by atoms with van der Waals surface area (Å²) in [6.07, 6.45) is 6.66. The third kappa shape index (κ3) is 3.34. The van der Waals surface area contributed by atoms with Crippen molar-refractivity contribution in [3.63, 3.8) is 0 Å². The maximum Gasteiger partial charge on any atom is 0.247 e. The Morgan fingerprint density at radius 3 is 2.43 bits per heavy atom. The van der Waals surface area contributed by atoms with Crippen LogP contribution in [0.5, 0.6) is 0 Å². The van der Waals surface area contributed by atoms with E-state index in [9.17, 15) is 4.79 Å². The van der Waals surface area contributed by atoms with Crippen molar-refractivity contribution in [3.05, 3.63) is 64.6 Å². The number of likely N-dealkylation sites (tertiary alicyclic amines) is 1. The van der Waals surface area contributed by atoms with E-state index in [2.05, 4.69) is 17.1 Å². The molecule has 28 heavy (non-hydrogen) atoms. The minimum atomic E-state index is 0.0446. The predicted octanol–water partition coefficient (Wildman–Crippen LogP) is 5.67. The summed E-state index contributed by atoms with van der Waals surface area (Å²) >= 11 is 3.31. The van der Waals surface area contributed by atoms with Gasteiger partial charge in [-0.25, -0.2) is 9.97 Å². The van der Waals surface area contributed by atoms with Gasteiger partial charge in [0.15, 0.2) is 0 Å². The van der Waals surface area contributed by atoms with Gasteiger partial charge in [0.25, 0.3) is 0 Å². The second-order valence-corrected chi connectivity index (χ2v) is 9.04. The van der Waals surface area contributed by atoms with Crippen LogP contribution in [0.15, 0.2) is 54.6 Å². The SMILES string of the molecule is O=C(/C=C/c1nc2ccccc2s1)N1CCCC[C@@H]1c1nc2ccccc2s1. The highest BCUT2D eigenvalue weighted by molar-refractivity contribution is 7.19. The molecule has 0 N–H and O–H groups in total. The number of rotatable bonds is 3. The molecule has 4 aromatic rings. The first-order valence-electron chi connectivity index (χ1n) is 9.48. The first kappa shape index (κ1) is 17.5. The highest BCUT2D eigenvalue weighted by atomic mass is 32.1. The lowest BCUT2D eigenvalue weighted by Gasteiger charge is -2.33. The predicted molar refractivity (Wildman–Crippen MR) is 117 cm³/mol. The second-order valence-electron chi connectivity index (χ2n) is 6.92. The van der Waals surface area contributed by atoms with Crippen LogP contribution >= 0.6 is 22.7 Å². The summed E-state index contributed by atoms with van der Waals surface area (Å²) in [4.78, 5) is 24.3. The zero-order valence-corrected chi connectivity index (χ0v) is 16.9. The monoisotopic (exact) mass is 405 g/mol. The van der Waals surface area contributed by atoms with Crippen LogP contribution in [0, 0.1) is 0 Å². The van der Waals surface area contributed by atoms with Gasteiger partial charge >= 0.3 is 0 Å². The fourth-order valence-electron chi connectivity index (χ4n) is 3.68. The van der Waals surface area contributed by atoms with Crippen LogP contribution in [-0.4, -0.2) is 27.3 Å². The fraction of sp³-hybridized carbons (Fsp3) is 0.227. The molecule has 0 aliphatic carbocycles. The van der Waals surface area contributed by atoms with Crippen LogP contribution in [-0.2, 0) is 4.79 Å². The molecule has 1 amide bonds. The number of fused-ring (bicyclic) bond motifs is 2. The number of carbonyl (C=O) groups is 1. The summed E-state index contributed by atoms with van der Waals surface area (Å²) in [5.41, 5.74) is 2.00. The first-order chi connectivity index (χ1) is 13.8. The highest BCUT2D eigenvalue weighted by Gasteiger charge is 2.29. The zero-order chi connectivity index (χ0) is 18.9. The molecule has 1 aliphatic heterocycles. The van der Waals surface area contributed by atoms with Crippen molar-refractivity contribution in [1.29, 1.82) is 0 Å². The third-order valence-electron chi connectivity index (χ3n) is 5.06. The Labute approximate surface area is 171 Å². The molecule has 2 aromatic heterocycles. The molecular formula is C22H19N3OS2. The van der Waals surface area contributed by atoms with Gasteiger partial charge in [-0.1, -0.05) is 24.3 Å². The lowest BCUT2D eigenvalue weighted by molar-refractivity contribution is -0.129. The van der Waals surface area contributed by atoms with Crippen molar-refractivity contribution in [2.75, 3.05) is 6.54 Å². The Bertz CT molecular complexity index is 1110. The number of nitrogens with zero attached hydrogens (tertiary/aromatic N) is 3. The van der Waals surface area contributed by atoms with Gasteiger partial charge in [-0.2, -0.15) is 0 Å². The number of carbonyl (C=O) groups excluding carboxylic acids is 1. The third-order valence-corrected chi connectivity index (χ3v) is 7.20. The Morgan fingerprint density at radius 1 is 0.964 bits per heavy atom. The van der Waals surface area contributed by atoms with Crippen molar-refractivity contribution >= 4 is 55.1 Å². The molecule has 5 rings (SSSR count). The van der Waals surface area contributed by atoms with Crippen LogP contribution in [0.1, 0.15) is 35.3 Å². The molecule has 6 heteroatoms. The zero-order valence-electron chi connectivity index (χ0n) is 15.2. The van der Waals surface area contributed by atoms with E-state index in [1.807, 2.05) is 47.4 Å². The Kier molecular flexibility index (Phi) is 4.66. The van der Waals surface area contributed by atoms with Crippen molar-refractivity contribution < 1.29 is 4.79 Å². The number of hydrogen-bond acceptors (Lipinski definition) is 5. The molecule has 2 aromatic carbocycles. The van der Waals surface area contributed by atoms with E-state index in [0.717, 1.165) is 51.6 Å². The van der Waals surface area contributed by atoms with E-state index in [4.69, 9.17) is 4.98 Å². The summed E-state index contributed by atoms with van der Waals surface area (Å²) < 4.78 is 2.32. The molecule has 1 saturated heterocycles. The molecular weight excluding hydrogens is 386 g/mol. The van der Waals surface area contributed by atoms with Gasteiger partial charge in [-0.3, -0.25) is 4.79 Å². The lowest BCUT2D eigenvalue weighted by atomic mass is 10.0. The van der Waals surface area contributed by atoms with Crippen LogP contribution in [0.3, 0.4) is 0 Å². The number of amides is 1. The normalized spacial score (nSPS) is 17.7. The molecule has 3 heterocycles. The van der Waals surface area contributed by atoms with Gasteiger partial charge in [0.1, 0.15) is 10.0 Å². The maximum absolute atomic E-state index is 13.0. The average Bonchev–Trinajstić information content (AvgIpc) is 3.35. The molecule has 1 atom stereocenters. The van der Waals surface area contributed by atoms with Gasteiger partial charge < -0.3 is 4.90 Å². The maximum atomic E-state index is 13.0. The van der Waals surface area contributed by atoms with Gasteiger partial charge in [-0.05, 0) is 49.6 Å². The number of aromatic nitrogens is 2. The van der Waals surface area contributed by atoms with E-state index in [1.54, 1.807) is 28.7 Å². The van der Waals surface area contributed by atoms with Crippen LogP contribution in [0.25, 0.3) is 26.5 Å². The molecule has 0 unspecified atom stereocenters. The molecule has 0 spiro atoms. The number of hydrogen-bond donors (Lipinski definition) is 0. The molecule has 0 bridgehead atoms. The lowest BCUT2D eigenvalue weighted by Crippen LogP contribution is -2.37. The summed E-state index contributed by atoms with van der Waals surface area (Å²) in [5, 5.41) is 1.91. The van der Waals surface area contributed by atoms with Gasteiger partial charge in [0.05, 0.1) is 26.5 Å². The van der Waals surface area contributed by atoms with Crippen molar-refractivity contribution in [2.45, 2.75) is 25.3 Å². The number of thiazole rings is 2. The Morgan fingerprint density at radius 2 is 1.68 bits per heavy atom. The summed E-state index contributed by atoms with van der Waals surface area (Å²) in [7, 11) is 0. The number of piperidine rings is 1. The van der Waals surface area contributed by atoms with E-state index in [0.29, 0.717) is 0 Å². The van der Waals surface area contributed by atoms with Crippen LogP contribution in [0.2, 0.25) is 0 Å². The quantitative estimate of drug-likeness (QED) is 0.412. The molecule has 0 radical (unpaired) electrons. The summed E-state index contributed by atoms with van der Waals surface area (Å²) in [6.45, 7) is 0.781. The minimum absolute atomic E-state index is 0.0446. The van der Waals surface area contributed by atoms with E-state index in [-0.39, 0.29) is 11.9 Å². The van der Waals surface area contributed by atoms with Gasteiger partial charge in [0.2, 0.25) is 5.91 Å². The van der Waals surface area contributed by atoms with Crippen LogP contribution in [0.4, 0.5) is 0 Å². The fourth-order valence-corrected chi connectivity index (χ4v) is 5.67. The van der Waals surface area contributed by atoms with Gasteiger partial charge in [-0.15, -0.1) is 22.7 Å². The average molecular weight is 406 g/mol. The highest BCUT2D eigenvalue weighted by Crippen LogP contribution is 2.35. The van der Waals surface area contributed by atoms with E-state index < -0.39 is 0 Å². The standard InChI is InChI=1S/C22H19N3OS2/c26-21(13-12-20-23-15-7-1-3-10-18(15)27-20)25-14-6-5-9-17(25)22-24-16-8-2-4-11-19(16)28-22/h1-4,7-8,10-13,17H,5-6,9,14H2/b13-12+/t17-/m1/s1. The van der Waals surface area contributed by atoms with E-state index in [1.165, 1.54) is 4.70 Å². The molecule has 0 saturated carbocycles. The van der Waals surface area contributed by atoms with Crippen LogP contribution < -0.4 is 0 Å². The summed E-state index contributed by atoms with van der Waals surface area (Å²) in [6, 6.07) is 16.3. The van der Waals surface area contributed by atoms with Crippen molar-refractivity contribution in [3.8, 4) is 0 Å². The number of para-hydroxylation sites is 2. The van der Waals surface area contributed by atoms with Crippen molar-refractivity contribution in [2.24, 2.45) is 0 Å². The largest absolute Gasteiger partial charge is 0.330 e. The molecule has 140 valence electrons. The minimum Gasteiger partial charge on any atom is -0.330 e. The Hall–Kier alpha value is -2.57. The van der Waals surface area contributed by atoms with E-state index >= 15 is 0 Å². The second kappa shape index (κ2) is 7.45. The van der Waals surface area contributed by atoms with Crippen molar-refractivity contribution in [1.82, 2.24) is 14.9 Å². The smallest absolute Gasteiger partial charge is 0.247 e. The topological polar surface area (TPSA) is 46.1 Å². The number of benzene rings is 2. The Balaban J connectivity index is 1.40. The first-order valence-corrected chi connectivity index (χ1v) is 11.1.